The molecule has 0 heterocycles. The number of halogens is 2. The van der Waals surface area contributed by atoms with Gasteiger partial charge in [0.25, 0.3) is 0 Å². The van der Waals surface area contributed by atoms with E-state index in [1.807, 2.05) is 12.4 Å². The second-order valence-corrected chi connectivity index (χ2v) is 3.35. The van der Waals surface area contributed by atoms with E-state index in [-0.39, 0.29) is 6.42 Å². The fourth-order valence-electron chi connectivity index (χ4n) is 0.757. The molecule has 11 heavy (non-hydrogen) atoms. The average Bonchev–Trinajstić information content (AvgIpc) is 1.98. The molecule has 0 fully saturated rings. The predicted octanol–water partition coefficient (Wildman–Crippen LogP) is 2.75. The van der Waals surface area contributed by atoms with Gasteiger partial charge in [-0.05, 0) is 23.8 Å². The van der Waals surface area contributed by atoms with Gasteiger partial charge in [-0.15, -0.1) is 0 Å². The lowest BCUT2D eigenvalue weighted by molar-refractivity contribution is 0.555. The molecule has 3 heteroatoms. The minimum Gasteiger partial charge on any atom is -0.291 e. The van der Waals surface area contributed by atoms with Crippen LogP contribution in [-0.4, -0.2) is 6.29 Å². The van der Waals surface area contributed by atoms with Crippen molar-refractivity contribution in [2.45, 2.75) is 6.42 Å². The van der Waals surface area contributed by atoms with E-state index < -0.39 is 0 Å². The van der Waals surface area contributed by atoms with Gasteiger partial charge in [0, 0.05) is 15.9 Å². The monoisotopic (exact) mass is 231 g/mol. The topological polar surface area (TPSA) is 17.1 Å². The van der Waals surface area contributed by atoms with Crippen LogP contribution >= 0.6 is 27.5 Å². The molecule has 0 spiro atoms. The molecule has 57 valence electrons. The molecule has 1 aromatic rings. The number of hydrogen-bond donors (Lipinski definition) is 0. The second kappa shape index (κ2) is 3.88. The van der Waals surface area contributed by atoms with Crippen molar-refractivity contribution in [1.82, 2.24) is 0 Å². The fraction of sp³-hybridized carbons (Fsp3) is 0.125. The largest absolute Gasteiger partial charge is 0.291 e. The van der Waals surface area contributed by atoms with Crippen molar-refractivity contribution in [1.29, 1.82) is 0 Å². The molecular weight excluding hydrogens is 227 g/mol. The van der Waals surface area contributed by atoms with E-state index >= 15 is 0 Å². The first-order chi connectivity index (χ1) is 5.24. The molecule has 0 bridgehead atoms. The van der Waals surface area contributed by atoms with Gasteiger partial charge >= 0.3 is 0 Å². The lowest BCUT2D eigenvalue weighted by Gasteiger charge is -1.98. The van der Waals surface area contributed by atoms with Crippen LogP contribution in [0.2, 0.25) is 5.02 Å². The summed E-state index contributed by atoms with van der Waals surface area (Å²) in [6.45, 7) is 0. The third-order valence-corrected chi connectivity index (χ3v) is 2.28. The van der Waals surface area contributed by atoms with Gasteiger partial charge in [-0.3, -0.25) is 4.79 Å². The molecule has 0 aliphatic carbocycles. The first-order valence-corrected chi connectivity index (χ1v) is 4.20. The van der Waals surface area contributed by atoms with Crippen LogP contribution in [0.25, 0.3) is 0 Å². The molecule has 1 nitrogen and oxygen atoms in total. The predicted molar refractivity (Wildman–Crippen MR) is 48.5 cm³/mol. The Morgan fingerprint density at radius 2 is 2.27 bits per heavy atom. The molecule has 1 aromatic carbocycles. The molecule has 0 aliphatic heterocycles. The van der Waals surface area contributed by atoms with E-state index in [1.165, 1.54) is 0 Å². The van der Waals surface area contributed by atoms with Crippen molar-refractivity contribution in [3.63, 3.8) is 0 Å². The summed E-state index contributed by atoms with van der Waals surface area (Å²) in [6, 6.07) is 5.32. The zero-order chi connectivity index (χ0) is 8.27. The van der Waals surface area contributed by atoms with E-state index in [0.29, 0.717) is 5.02 Å². The first kappa shape index (κ1) is 8.75. The summed E-state index contributed by atoms with van der Waals surface area (Å²) in [5, 5.41) is 0.637. The highest BCUT2D eigenvalue weighted by Crippen LogP contribution is 2.20. The first-order valence-electron chi connectivity index (χ1n) is 3.03. The molecule has 1 rings (SSSR count). The zero-order valence-corrected chi connectivity index (χ0v) is 7.95. The van der Waals surface area contributed by atoms with Crippen LogP contribution < -0.4 is 0 Å². The van der Waals surface area contributed by atoms with E-state index in [9.17, 15) is 4.79 Å². The van der Waals surface area contributed by atoms with Gasteiger partial charge in [0.1, 0.15) is 0 Å². The third kappa shape index (κ3) is 2.31. The Labute approximate surface area is 78.5 Å². The Balaban J connectivity index is 3.01. The van der Waals surface area contributed by atoms with E-state index in [1.54, 1.807) is 12.1 Å². The second-order valence-electron chi connectivity index (χ2n) is 2.06. The van der Waals surface area contributed by atoms with Crippen molar-refractivity contribution < 1.29 is 4.79 Å². The normalized spacial score (nSPS) is 9.64. The van der Waals surface area contributed by atoms with Gasteiger partial charge < -0.3 is 0 Å². The van der Waals surface area contributed by atoms with Crippen LogP contribution in [0.4, 0.5) is 0 Å². The molecule has 0 N–H and O–H groups in total. The summed E-state index contributed by atoms with van der Waals surface area (Å²) >= 11 is 9.00. The van der Waals surface area contributed by atoms with Crippen molar-refractivity contribution in [2.24, 2.45) is 0 Å². The highest BCUT2D eigenvalue weighted by atomic mass is 79.9. The van der Waals surface area contributed by atoms with Crippen LogP contribution in [0.1, 0.15) is 5.56 Å². The minimum absolute atomic E-state index is 0.279. The molecule has 0 atom stereocenters. The fourth-order valence-corrected chi connectivity index (χ4v) is 1.34. The standard InChI is InChI=1S/C8H5BrClO/c9-8-2-1-7(10)5-6(8)3-4-11/h1-2,5H,3H2. The Hall–Kier alpha value is -0.340. The van der Waals surface area contributed by atoms with Gasteiger partial charge in [0.05, 0.1) is 0 Å². The highest BCUT2D eigenvalue weighted by Gasteiger charge is 1.99. The summed E-state index contributed by atoms with van der Waals surface area (Å²) in [6.07, 6.45) is 2.09. The summed E-state index contributed by atoms with van der Waals surface area (Å²) in [7, 11) is 0. The van der Waals surface area contributed by atoms with Crippen molar-refractivity contribution in [3.8, 4) is 0 Å². The van der Waals surface area contributed by atoms with E-state index in [0.717, 1.165) is 10.0 Å². The Morgan fingerprint density at radius 3 is 2.91 bits per heavy atom. The molecule has 0 aromatic heterocycles. The summed E-state index contributed by atoms with van der Waals surface area (Å²) in [4.78, 5) is 10.0. The van der Waals surface area contributed by atoms with Gasteiger partial charge in [-0.2, -0.15) is 0 Å². The SMILES string of the molecule is O=[C]Cc1cc(Cl)ccc1Br. The maximum absolute atomic E-state index is 10.0. The van der Waals surface area contributed by atoms with Crippen LogP contribution in [0.5, 0.6) is 0 Å². The van der Waals surface area contributed by atoms with Crippen LogP contribution in [0, 0.1) is 0 Å². The van der Waals surface area contributed by atoms with E-state index in [4.69, 9.17) is 11.6 Å². The highest BCUT2D eigenvalue weighted by molar-refractivity contribution is 9.10. The van der Waals surface area contributed by atoms with Gasteiger partial charge in [0.2, 0.25) is 6.29 Å². The van der Waals surface area contributed by atoms with Crippen LogP contribution in [-0.2, 0) is 11.2 Å². The molecule has 0 amide bonds. The lowest BCUT2D eigenvalue weighted by Crippen LogP contribution is -1.86. The summed E-state index contributed by atoms with van der Waals surface area (Å²) in [5.41, 5.74) is 0.868. The van der Waals surface area contributed by atoms with Crippen molar-refractivity contribution >= 4 is 33.8 Å². The smallest absolute Gasteiger partial charge is 0.203 e. The Morgan fingerprint density at radius 1 is 1.55 bits per heavy atom. The molecule has 1 radical (unpaired) electrons. The van der Waals surface area contributed by atoms with Gasteiger partial charge in [-0.1, -0.05) is 27.5 Å². The quantitative estimate of drug-likeness (QED) is 0.766. The molecule has 0 saturated carbocycles. The van der Waals surface area contributed by atoms with Crippen LogP contribution in [0.15, 0.2) is 22.7 Å². The summed E-state index contributed by atoms with van der Waals surface area (Å²) < 4.78 is 0.894. The maximum atomic E-state index is 10.0. The molecular formula is C8H5BrClO. The Bertz CT molecular complexity index is 273. The summed E-state index contributed by atoms with van der Waals surface area (Å²) in [5.74, 6) is 0. The van der Waals surface area contributed by atoms with Crippen molar-refractivity contribution in [3.05, 3.63) is 33.3 Å². The third-order valence-electron chi connectivity index (χ3n) is 1.27. The average molecular weight is 232 g/mol. The molecule has 0 aliphatic rings. The number of carbonyl (C=O) groups excluding carboxylic acids is 1. The van der Waals surface area contributed by atoms with Crippen LogP contribution in [0.3, 0.4) is 0 Å². The minimum atomic E-state index is 0.279. The zero-order valence-electron chi connectivity index (χ0n) is 5.60. The number of benzene rings is 1. The molecule has 0 unspecified atom stereocenters. The lowest BCUT2D eigenvalue weighted by atomic mass is 10.2. The molecule has 0 saturated heterocycles. The van der Waals surface area contributed by atoms with Crippen molar-refractivity contribution in [2.75, 3.05) is 0 Å². The Kier molecular flexibility index (Phi) is 3.09. The maximum Gasteiger partial charge on any atom is 0.203 e. The number of rotatable bonds is 2. The van der Waals surface area contributed by atoms with Gasteiger partial charge in [0.15, 0.2) is 0 Å². The number of hydrogen-bond acceptors (Lipinski definition) is 1. The van der Waals surface area contributed by atoms with Gasteiger partial charge in [-0.25, -0.2) is 0 Å². The van der Waals surface area contributed by atoms with E-state index in [2.05, 4.69) is 15.9 Å².